The molecule has 3 rings (SSSR count). The van der Waals surface area contributed by atoms with Gasteiger partial charge in [0.1, 0.15) is 0 Å². The van der Waals surface area contributed by atoms with Crippen molar-refractivity contribution in [2.75, 3.05) is 5.73 Å². The highest BCUT2D eigenvalue weighted by molar-refractivity contribution is 6.01. The van der Waals surface area contributed by atoms with E-state index < -0.39 is 0 Å². The number of para-hydroxylation sites is 1. The largest absolute Gasteiger partial charge is 0.397 e. The third-order valence-corrected chi connectivity index (χ3v) is 4.43. The fourth-order valence-corrected chi connectivity index (χ4v) is 3.18. The van der Waals surface area contributed by atoms with Crippen molar-refractivity contribution in [1.82, 2.24) is 4.57 Å². The minimum absolute atomic E-state index is 0.00712. The van der Waals surface area contributed by atoms with Crippen LogP contribution in [0.15, 0.2) is 24.3 Å². The minimum Gasteiger partial charge on any atom is -0.397 e. The second kappa shape index (κ2) is 4.94. The number of benzene rings is 1. The Labute approximate surface area is 118 Å². The van der Waals surface area contributed by atoms with Crippen molar-refractivity contribution in [2.24, 2.45) is 5.92 Å². The minimum atomic E-state index is -0.244. The Bertz CT molecular complexity index is 652. The van der Waals surface area contributed by atoms with E-state index in [4.69, 9.17) is 5.73 Å². The predicted octanol–water partition coefficient (Wildman–Crippen LogP) is 2.72. The van der Waals surface area contributed by atoms with Crippen LogP contribution in [0.5, 0.6) is 0 Å². The molecule has 1 saturated carbocycles. The first-order valence-corrected chi connectivity index (χ1v) is 7.17. The highest BCUT2D eigenvalue weighted by atomic mass is 16.3. The maximum Gasteiger partial charge on any atom is 0.234 e. The van der Waals surface area contributed by atoms with E-state index in [1.54, 1.807) is 4.57 Å². The monoisotopic (exact) mass is 272 g/mol. The molecule has 20 heavy (non-hydrogen) atoms. The summed E-state index contributed by atoms with van der Waals surface area (Å²) in [7, 11) is 0. The van der Waals surface area contributed by atoms with Gasteiger partial charge in [0.2, 0.25) is 5.91 Å². The summed E-state index contributed by atoms with van der Waals surface area (Å²) in [5, 5.41) is 10.5. The molecule has 1 aromatic heterocycles. The number of carbonyl (C=O) groups excluding carboxylic acids is 1. The number of carbonyl (C=O) groups is 1. The van der Waals surface area contributed by atoms with Crippen LogP contribution in [0.1, 0.15) is 36.2 Å². The Morgan fingerprint density at radius 1 is 1.25 bits per heavy atom. The number of nitrogens with two attached hydrogens (primary N) is 1. The van der Waals surface area contributed by atoms with Crippen LogP contribution >= 0.6 is 0 Å². The molecule has 0 bridgehead atoms. The number of anilines is 1. The summed E-state index contributed by atoms with van der Waals surface area (Å²) in [6.07, 6.45) is 2.69. The molecule has 3 N–H and O–H groups in total. The SMILES string of the molecule is Cc1c(N)c2ccccc2n1C(=O)C1CCC(O)CC1. The van der Waals surface area contributed by atoms with Crippen molar-refractivity contribution in [1.29, 1.82) is 0 Å². The van der Waals surface area contributed by atoms with E-state index in [1.165, 1.54) is 0 Å². The normalized spacial score (nSPS) is 23.1. The van der Waals surface area contributed by atoms with Crippen molar-refractivity contribution < 1.29 is 9.90 Å². The van der Waals surface area contributed by atoms with E-state index >= 15 is 0 Å². The number of fused-ring (bicyclic) bond motifs is 1. The van der Waals surface area contributed by atoms with Crippen molar-refractivity contribution in [3.8, 4) is 0 Å². The van der Waals surface area contributed by atoms with E-state index in [9.17, 15) is 9.90 Å². The van der Waals surface area contributed by atoms with Crippen molar-refractivity contribution in [2.45, 2.75) is 38.7 Å². The molecular weight excluding hydrogens is 252 g/mol. The molecular formula is C16H20N2O2. The second-order valence-corrected chi connectivity index (χ2v) is 5.70. The van der Waals surface area contributed by atoms with Gasteiger partial charge in [-0.1, -0.05) is 18.2 Å². The lowest BCUT2D eigenvalue weighted by Gasteiger charge is -2.25. The highest BCUT2D eigenvalue weighted by Gasteiger charge is 2.28. The molecule has 0 aliphatic heterocycles. The maximum absolute atomic E-state index is 12.8. The molecule has 0 atom stereocenters. The first-order chi connectivity index (χ1) is 9.59. The molecule has 1 aliphatic carbocycles. The predicted molar refractivity (Wildman–Crippen MR) is 79.7 cm³/mol. The van der Waals surface area contributed by atoms with Crippen LogP contribution < -0.4 is 5.73 Å². The number of aromatic nitrogens is 1. The van der Waals surface area contributed by atoms with Gasteiger partial charge in [0.05, 0.1) is 17.3 Å². The van der Waals surface area contributed by atoms with E-state index in [0.717, 1.165) is 29.4 Å². The maximum atomic E-state index is 12.8. The van der Waals surface area contributed by atoms with Crippen LogP contribution in [0.25, 0.3) is 10.9 Å². The summed E-state index contributed by atoms with van der Waals surface area (Å²) < 4.78 is 1.76. The molecule has 106 valence electrons. The van der Waals surface area contributed by atoms with Gasteiger partial charge in [-0.05, 0) is 38.7 Å². The average molecular weight is 272 g/mol. The zero-order valence-corrected chi connectivity index (χ0v) is 11.7. The Hall–Kier alpha value is -1.81. The van der Waals surface area contributed by atoms with Crippen LogP contribution in [0.4, 0.5) is 5.69 Å². The Kier molecular flexibility index (Phi) is 3.26. The second-order valence-electron chi connectivity index (χ2n) is 5.70. The quantitative estimate of drug-likeness (QED) is 0.838. The summed E-state index contributed by atoms with van der Waals surface area (Å²) in [6, 6.07) is 7.75. The van der Waals surface area contributed by atoms with E-state index in [0.29, 0.717) is 18.5 Å². The van der Waals surface area contributed by atoms with E-state index in [1.807, 2.05) is 31.2 Å². The zero-order valence-electron chi connectivity index (χ0n) is 11.7. The van der Waals surface area contributed by atoms with Gasteiger partial charge in [-0.25, -0.2) is 0 Å². The molecule has 1 heterocycles. The fourth-order valence-electron chi connectivity index (χ4n) is 3.18. The molecule has 0 radical (unpaired) electrons. The number of hydrogen-bond donors (Lipinski definition) is 2. The standard InChI is InChI=1S/C16H20N2O2/c1-10-15(17)13-4-2-3-5-14(13)18(10)16(20)11-6-8-12(19)9-7-11/h2-5,11-12,19H,6-9,17H2,1H3. The Balaban J connectivity index is 2.01. The molecule has 4 heteroatoms. The van der Waals surface area contributed by atoms with Gasteiger partial charge >= 0.3 is 0 Å². The lowest BCUT2D eigenvalue weighted by Crippen LogP contribution is -2.28. The summed E-state index contributed by atoms with van der Waals surface area (Å²) in [5.41, 5.74) is 8.51. The van der Waals surface area contributed by atoms with Crippen molar-refractivity contribution in [3.63, 3.8) is 0 Å². The van der Waals surface area contributed by atoms with Gasteiger partial charge in [-0.15, -0.1) is 0 Å². The van der Waals surface area contributed by atoms with Crippen molar-refractivity contribution in [3.05, 3.63) is 30.0 Å². The van der Waals surface area contributed by atoms with Gasteiger partial charge in [-0.3, -0.25) is 9.36 Å². The fraction of sp³-hybridized carbons (Fsp3) is 0.438. The lowest BCUT2D eigenvalue weighted by molar-refractivity contribution is 0.0691. The molecule has 0 saturated heterocycles. The number of aliphatic hydroxyl groups excluding tert-OH is 1. The van der Waals surface area contributed by atoms with Crippen LogP contribution in [0.2, 0.25) is 0 Å². The molecule has 1 fully saturated rings. The van der Waals surface area contributed by atoms with Gasteiger partial charge in [0, 0.05) is 17.0 Å². The van der Waals surface area contributed by atoms with Crippen LogP contribution in [0.3, 0.4) is 0 Å². The molecule has 0 spiro atoms. The Morgan fingerprint density at radius 3 is 2.60 bits per heavy atom. The number of hydrogen-bond acceptors (Lipinski definition) is 3. The summed E-state index contributed by atoms with van der Waals surface area (Å²) in [4.78, 5) is 12.8. The summed E-state index contributed by atoms with van der Waals surface area (Å²) >= 11 is 0. The van der Waals surface area contributed by atoms with Crippen LogP contribution in [-0.4, -0.2) is 21.7 Å². The van der Waals surface area contributed by atoms with Gasteiger partial charge in [-0.2, -0.15) is 0 Å². The van der Waals surface area contributed by atoms with Crippen LogP contribution in [0, 0.1) is 12.8 Å². The van der Waals surface area contributed by atoms with Gasteiger partial charge in [0.25, 0.3) is 0 Å². The Morgan fingerprint density at radius 2 is 1.90 bits per heavy atom. The molecule has 2 aromatic rings. The molecule has 0 amide bonds. The van der Waals surface area contributed by atoms with Crippen LogP contribution in [-0.2, 0) is 0 Å². The average Bonchev–Trinajstić information content (AvgIpc) is 2.72. The molecule has 1 aromatic carbocycles. The molecule has 0 unspecified atom stereocenters. The highest BCUT2D eigenvalue weighted by Crippen LogP contribution is 2.32. The van der Waals surface area contributed by atoms with Gasteiger partial charge < -0.3 is 10.8 Å². The molecule has 4 nitrogen and oxygen atoms in total. The third kappa shape index (κ3) is 2.00. The smallest absolute Gasteiger partial charge is 0.234 e. The number of nitrogen functional groups attached to an aromatic ring is 1. The topological polar surface area (TPSA) is 68.2 Å². The summed E-state index contributed by atoms with van der Waals surface area (Å²) in [6.45, 7) is 1.89. The first kappa shape index (κ1) is 13.2. The number of nitrogens with zero attached hydrogens (tertiary/aromatic N) is 1. The van der Waals surface area contributed by atoms with E-state index in [2.05, 4.69) is 0 Å². The first-order valence-electron chi connectivity index (χ1n) is 7.17. The third-order valence-electron chi connectivity index (χ3n) is 4.43. The van der Waals surface area contributed by atoms with E-state index in [-0.39, 0.29) is 17.9 Å². The van der Waals surface area contributed by atoms with Crippen molar-refractivity contribution >= 4 is 22.5 Å². The number of rotatable bonds is 1. The lowest BCUT2D eigenvalue weighted by atomic mass is 9.87. The molecule has 1 aliphatic rings. The number of aliphatic hydroxyl groups is 1. The van der Waals surface area contributed by atoms with Gasteiger partial charge in [0.15, 0.2) is 0 Å². The zero-order chi connectivity index (χ0) is 14.3. The summed E-state index contributed by atoms with van der Waals surface area (Å²) in [5.74, 6) is 0.106.